The summed E-state index contributed by atoms with van der Waals surface area (Å²) in [6.45, 7) is 13.6. The number of hydrogen-bond acceptors (Lipinski definition) is 3. The lowest BCUT2D eigenvalue weighted by Crippen LogP contribution is -2.22. The molecule has 2 aromatic carbocycles. The zero-order valence-corrected chi connectivity index (χ0v) is 17.9. The van der Waals surface area contributed by atoms with E-state index in [2.05, 4.69) is 61.2 Å². The molecule has 0 fully saturated rings. The third kappa shape index (κ3) is 5.41. The highest BCUT2D eigenvalue weighted by Gasteiger charge is 2.13. The van der Waals surface area contributed by atoms with Crippen molar-refractivity contribution in [3.05, 3.63) is 71.8 Å². The van der Waals surface area contributed by atoms with Crippen molar-refractivity contribution in [1.29, 1.82) is 0 Å². The average molecular weight is 380 g/mol. The van der Waals surface area contributed by atoms with E-state index < -0.39 is 0 Å². The molecule has 0 saturated carbocycles. The number of ether oxygens (including phenoxy) is 2. The molecule has 2 rings (SSSR count). The maximum absolute atomic E-state index is 6.00. The lowest BCUT2D eigenvalue weighted by atomic mass is 9.96. The molecule has 0 spiro atoms. The Kier molecular flexibility index (Phi) is 8.67. The van der Waals surface area contributed by atoms with Crippen molar-refractivity contribution in [3.63, 3.8) is 0 Å². The van der Waals surface area contributed by atoms with Gasteiger partial charge in [0.1, 0.15) is 11.5 Å². The van der Waals surface area contributed by atoms with Crippen LogP contribution < -0.4 is 14.4 Å². The van der Waals surface area contributed by atoms with E-state index in [1.54, 1.807) is 0 Å². The molecule has 150 valence electrons. The van der Waals surface area contributed by atoms with E-state index in [-0.39, 0.29) is 0 Å². The molecule has 28 heavy (non-hydrogen) atoms. The van der Waals surface area contributed by atoms with Gasteiger partial charge in [-0.1, -0.05) is 36.4 Å². The number of anilines is 1. The molecular formula is C25H33NO2. The van der Waals surface area contributed by atoms with Crippen molar-refractivity contribution in [2.75, 3.05) is 31.2 Å². The van der Waals surface area contributed by atoms with Crippen molar-refractivity contribution in [2.45, 2.75) is 34.6 Å². The van der Waals surface area contributed by atoms with Crippen molar-refractivity contribution in [1.82, 2.24) is 0 Å². The number of rotatable bonds is 10. The van der Waals surface area contributed by atoms with Gasteiger partial charge in [-0.15, -0.1) is 0 Å². The first-order chi connectivity index (χ1) is 13.7. The Morgan fingerprint density at radius 2 is 1.50 bits per heavy atom. The molecule has 0 unspecified atom stereocenters. The number of benzene rings is 2. The van der Waals surface area contributed by atoms with E-state index in [1.807, 2.05) is 39.0 Å². The fraction of sp³-hybridized carbons (Fsp3) is 0.360. The first kappa shape index (κ1) is 21.6. The molecule has 0 N–H and O–H groups in total. The minimum Gasteiger partial charge on any atom is -0.494 e. The van der Waals surface area contributed by atoms with E-state index in [4.69, 9.17) is 9.47 Å². The maximum atomic E-state index is 6.00. The highest BCUT2D eigenvalue weighted by atomic mass is 16.5. The lowest BCUT2D eigenvalue weighted by molar-refractivity contribution is 0.340. The molecule has 2 aromatic rings. The summed E-state index contributed by atoms with van der Waals surface area (Å²) in [5.74, 6) is 1.82. The Morgan fingerprint density at radius 1 is 0.857 bits per heavy atom. The third-order valence-electron chi connectivity index (χ3n) is 4.61. The smallest absolute Gasteiger partial charge is 0.143 e. The topological polar surface area (TPSA) is 21.7 Å². The fourth-order valence-electron chi connectivity index (χ4n) is 3.23. The Bertz CT molecular complexity index is 787. The van der Waals surface area contributed by atoms with Crippen LogP contribution in [0, 0.1) is 0 Å². The molecule has 3 heteroatoms. The minimum atomic E-state index is 0.648. The van der Waals surface area contributed by atoms with E-state index in [0.29, 0.717) is 13.2 Å². The van der Waals surface area contributed by atoms with Crippen LogP contribution in [-0.4, -0.2) is 26.3 Å². The first-order valence-electron chi connectivity index (χ1n) is 10.3. The number of hydrogen-bond donors (Lipinski definition) is 0. The zero-order chi connectivity index (χ0) is 20.4. The van der Waals surface area contributed by atoms with E-state index >= 15 is 0 Å². The van der Waals surface area contributed by atoms with Crippen LogP contribution >= 0.6 is 0 Å². The molecule has 0 atom stereocenters. The molecule has 0 bridgehead atoms. The molecule has 3 nitrogen and oxygen atoms in total. The van der Waals surface area contributed by atoms with Gasteiger partial charge in [-0.3, -0.25) is 0 Å². The van der Waals surface area contributed by atoms with Gasteiger partial charge in [-0.05, 0) is 75.6 Å². The van der Waals surface area contributed by atoms with Crippen LogP contribution in [0.15, 0.2) is 60.7 Å². The van der Waals surface area contributed by atoms with Crippen molar-refractivity contribution >= 4 is 11.3 Å². The van der Waals surface area contributed by atoms with Crippen molar-refractivity contribution in [2.24, 2.45) is 0 Å². The Labute approximate surface area is 170 Å². The van der Waals surface area contributed by atoms with Crippen LogP contribution in [0.4, 0.5) is 5.69 Å². The van der Waals surface area contributed by atoms with Gasteiger partial charge < -0.3 is 14.4 Å². The summed E-state index contributed by atoms with van der Waals surface area (Å²) >= 11 is 0. The van der Waals surface area contributed by atoms with Gasteiger partial charge in [-0.25, -0.2) is 0 Å². The molecule has 0 amide bonds. The van der Waals surface area contributed by atoms with Crippen molar-refractivity contribution < 1.29 is 9.47 Å². The second-order valence-corrected chi connectivity index (χ2v) is 6.35. The van der Waals surface area contributed by atoms with Gasteiger partial charge in [0.15, 0.2) is 0 Å². The molecule has 0 heterocycles. The normalized spacial score (nSPS) is 11.7. The highest BCUT2D eigenvalue weighted by molar-refractivity contribution is 5.83. The van der Waals surface area contributed by atoms with Gasteiger partial charge in [0.25, 0.3) is 0 Å². The second kappa shape index (κ2) is 11.2. The summed E-state index contributed by atoms with van der Waals surface area (Å²) in [4.78, 5) is 2.32. The second-order valence-electron chi connectivity index (χ2n) is 6.35. The van der Waals surface area contributed by atoms with Crippen LogP contribution in [0.1, 0.15) is 45.7 Å². The Balaban J connectivity index is 2.50. The molecule has 0 aliphatic heterocycles. The Morgan fingerprint density at radius 3 is 2.07 bits per heavy atom. The molecule has 0 aliphatic rings. The average Bonchev–Trinajstić information content (AvgIpc) is 2.72. The summed E-state index contributed by atoms with van der Waals surface area (Å²) < 4.78 is 11.6. The van der Waals surface area contributed by atoms with Gasteiger partial charge in [0.05, 0.1) is 18.9 Å². The van der Waals surface area contributed by atoms with Crippen LogP contribution in [-0.2, 0) is 0 Å². The number of allylic oxidation sites excluding steroid dienone is 3. The predicted molar refractivity (Wildman–Crippen MR) is 121 cm³/mol. The summed E-state index contributed by atoms with van der Waals surface area (Å²) in [6, 6.07) is 14.8. The molecule has 0 radical (unpaired) electrons. The molecular weight excluding hydrogens is 346 g/mol. The van der Waals surface area contributed by atoms with Crippen LogP contribution in [0.3, 0.4) is 0 Å². The summed E-state index contributed by atoms with van der Waals surface area (Å²) in [5, 5.41) is 0. The molecule has 0 aliphatic carbocycles. The van der Waals surface area contributed by atoms with E-state index in [1.165, 1.54) is 0 Å². The van der Waals surface area contributed by atoms with Crippen LogP contribution in [0.2, 0.25) is 0 Å². The summed E-state index contributed by atoms with van der Waals surface area (Å²) in [5.41, 5.74) is 4.60. The monoisotopic (exact) mass is 379 g/mol. The molecule has 0 aromatic heterocycles. The summed E-state index contributed by atoms with van der Waals surface area (Å²) in [6.07, 6.45) is 6.27. The van der Waals surface area contributed by atoms with E-state index in [0.717, 1.165) is 47.0 Å². The van der Waals surface area contributed by atoms with Gasteiger partial charge >= 0.3 is 0 Å². The largest absolute Gasteiger partial charge is 0.494 e. The molecule has 0 saturated heterocycles. The predicted octanol–water partition coefficient (Wildman–Crippen LogP) is 6.34. The fourth-order valence-corrected chi connectivity index (χ4v) is 3.23. The van der Waals surface area contributed by atoms with Gasteiger partial charge in [-0.2, -0.15) is 0 Å². The van der Waals surface area contributed by atoms with Gasteiger partial charge in [0, 0.05) is 13.1 Å². The van der Waals surface area contributed by atoms with Gasteiger partial charge in [0.2, 0.25) is 0 Å². The standard InChI is InChI=1S/C25H33NO2/c1-6-11-12-23(20-13-16-22(17-14-20)27-9-4)21-15-18-24(26(7-2)8-3)25(19-21)28-10-5/h6,11-19H,7-10H2,1-5H3/b11-6+,23-12-. The third-order valence-corrected chi connectivity index (χ3v) is 4.61. The highest BCUT2D eigenvalue weighted by Crippen LogP contribution is 2.34. The lowest BCUT2D eigenvalue weighted by Gasteiger charge is -2.24. The maximum Gasteiger partial charge on any atom is 0.143 e. The minimum absolute atomic E-state index is 0.648. The number of nitrogens with zero attached hydrogens (tertiary/aromatic N) is 1. The first-order valence-corrected chi connectivity index (χ1v) is 10.3. The zero-order valence-electron chi connectivity index (χ0n) is 17.9. The van der Waals surface area contributed by atoms with Crippen LogP contribution in [0.5, 0.6) is 11.5 Å². The quantitative estimate of drug-likeness (QED) is 0.450. The van der Waals surface area contributed by atoms with Crippen molar-refractivity contribution in [3.8, 4) is 11.5 Å². The SMILES string of the molecule is C/C=C/C=C(/c1ccc(OCC)cc1)c1ccc(N(CC)CC)c(OCC)c1. The van der Waals surface area contributed by atoms with E-state index in [9.17, 15) is 0 Å². The van der Waals surface area contributed by atoms with Crippen LogP contribution in [0.25, 0.3) is 5.57 Å². The Hall–Kier alpha value is -2.68. The summed E-state index contributed by atoms with van der Waals surface area (Å²) in [7, 11) is 0.